The molecular formula is C26H26FN7O2. The number of aryl methyl sites for hydroxylation is 1. The van der Waals surface area contributed by atoms with Crippen LogP contribution in [0.1, 0.15) is 6.92 Å². The Balaban J connectivity index is 1.67. The fourth-order valence-corrected chi connectivity index (χ4v) is 4.28. The van der Waals surface area contributed by atoms with Crippen LogP contribution in [0.15, 0.2) is 61.3 Å². The summed E-state index contributed by atoms with van der Waals surface area (Å²) in [5.74, 6) is 0.317. The lowest BCUT2D eigenvalue weighted by Crippen LogP contribution is -2.30. The van der Waals surface area contributed by atoms with Gasteiger partial charge in [0.25, 0.3) is 12.1 Å². The Morgan fingerprint density at radius 2 is 2.03 bits per heavy atom. The van der Waals surface area contributed by atoms with E-state index in [0.29, 0.717) is 44.6 Å². The zero-order valence-electron chi connectivity index (χ0n) is 20.4. The highest BCUT2D eigenvalue weighted by Gasteiger charge is 2.22. The molecule has 0 amide bonds. The second kappa shape index (κ2) is 9.38. The van der Waals surface area contributed by atoms with E-state index < -0.39 is 5.82 Å². The van der Waals surface area contributed by atoms with Gasteiger partial charge in [-0.3, -0.25) is 9.67 Å². The molecule has 0 aliphatic heterocycles. The van der Waals surface area contributed by atoms with Gasteiger partial charge in [0.1, 0.15) is 22.8 Å². The number of nitrogens with one attached hydrogen (secondary N) is 1. The molecule has 0 spiro atoms. The molecule has 0 aliphatic rings. The molecule has 0 aliphatic carbocycles. The number of benzene rings is 2. The second-order valence-electron chi connectivity index (χ2n) is 9.00. The maximum Gasteiger partial charge on any atom is 0.292 e. The van der Waals surface area contributed by atoms with Crippen molar-refractivity contribution in [2.45, 2.75) is 13.0 Å². The second-order valence-corrected chi connectivity index (χ2v) is 9.00. The van der Waals surface area contributed by atoms with Gasteiger partial charge in [-0.25, -0.2) is 9.12 Å². The standard InChI is InChI=1S/C26H26FN7O2/c1-16(13-32(2)3)36-23-11-17(18-12-30-33(4)14-18)10-22-24(23)26(29-15-34(22)35)31-21-8-7-20-19(25(21)27)6-5-9-28-20/h5-12,14-16H,13H2,1-4H3,(H,29,31)/t16-/m1/s1. The maximum atomic E-state index is 15.3. The summed E-state index contributed by atoms with van der Waals surface area (Å²) in [4.78, 5) is 10.5. The van der Waals surface area contributed by atoms with Gasteiger partial charge in [-0.05, 0) is 68.0 Å². The summed E-state index contributed by atoms with van der Waals surface area (Å²) in [5.41, 5.74) is 2.71. The molecule has 10 heteroatoms. The van der Waals surface area contributed by atoms with Crippen LogP contribution in [-0.4, -0.2) is 51.4 Å². The summed E-state index contributed by atoms with van der Waals surface area (Å²) in [6.07, 6.45) is 6.17. The summed E-state index contributed by atoms with van der Waals surface area (Å²) in [5, 5.41) is 21.1. The summed E-state index contributed by atoms with van der Waals surface area (Å²) >= 11 is 0. The van der Waals surface area contributed by atoms with Gasteiger partial charge in [-0.15, -0.1) is 0 Å². The third-order valence-electron chi connectivity index (χ3n) is 5.81. The van der Waals surface area contributed by atoms with E-state index in [-0.39, 0.29) is 11.8 Å². The molecule has 0 saturated heterocycles. The predicted octanol–water partition coefficient (Wildman–Crippen LogP) is 4.03. The van der Waals surface area contributed by atoms with Crippen LogP contribution in [0.3, 0.4) is 0 Å². The first kappa shape index (κ1) is 23.4. The summed E-state index contributed by atoms with van der Waals surface area (Å²) < 4.78 is 24.0. The van der Waals surface area contributed by atoms with Crippen LogP contribution in [0.4, 0.5) is 15.9 Å². The van der Waals surface area contributed by atoms with Gasteiger partial charge in [0.2, 0.25) is 0 Å². The van der Waals surface area contributed by atoms with E-state index in [1.807, 2.05) is 45.2 Å². The summed E-state index contributed by atoms with van der Waals surface area (Å²) in [6, 6.07) is 10.3. The Labute approximate surface area is 207 Å². The first-order chi connectivity index (χ1) is 17.3. The largest absolute Gasteiger partial charge is 0.710 e. The molecule has 0 unspecified atom stereocenters. The molecule has 184 valence electrons. The van der Waals surface area contributed by atoms with Crippen LogP contribution in [0.2, 0.25) is 0 Å². The molecule has 0 radical (unpaired) electrons. The van der Waals surface area contributed by atoms with Crippen molar-refractivity contribution >= 4 is 33.3 Å². The third-order valence-corrected chi connectivity index (χ3v) is 5.81. The van der Waals surface area contributed by atoms with Gasteiger partial charge < -0.3 is 20.2 Å². The highest BCUT2D eigenvalue weighted by molar-refractivity contribution is 5.97. The molecule has 3 aromatic heterocycles. The number of hydrogen-bond acceptors (Lipinski definition) is 7. The average Bonchev–Trinajstić information content (AvgIpc) is 3.28. The Morgan fingerprint density at radius 1 is 1.19 bits per heavy atom. The Morgan fingerprint density at radius 3 is 2.78 bits per heavy atom. The van der Waals surface area contributed by atoms with Gasteiger partial charge in [-0.2, -0.15) is 5.10 Å². The zero-order valence-corrected chi connectivity index (χ0v) is 20.4. The van der Waals surface area contributed by atoms with Crippen LogP contribution in [-0.2, 0) is 7.05 Å². The van der Waals surface area contributed by atoms with E-state index in [1.54, 1.807) is 47.4 Å². The van der Waals surface area contributed by atoms with Gasteiger partial charge >= 0.3 is 0 Å². The lowest BCUT2D eigenvalue weighted by Gasteiger charge is -2.21. The number of fused-ring (bicyclic) bond motifs is 2. The average molecular weight is 488 g/mol. The molecule has 0 bridgehead atoms. The molecule has 36 heavy (non-hydrogen) atoms. The molecule has 5 aromatic rings. The van der Waals surface area contributed by atoms with Crippen LogP contribution in [0, 0.1) is 11.0 Å². The lowest BCUT2D eigenvalue weighted by molar-refractivity contribution is -0.580. The van der Waals surface area contributed by atoms with Gasteiger partial charge in [0, 0.05) is 36.9 Å². The molecule has 5 rings (SSSR count). The SMILES string of the molecule is C[C@H](CN(C)C)Oc1cc(-c2cnn(C)c2)cc2c1c(Nc1ccc3ncccc3c1F)nc[n+]2[O-]. The van der Waals surface area contributed by atoms with Crippen molar-refractivity contribution in [3.8, 4) is 16.9 Å². The van der Waals surface area contributed by atoms with Crippen molar-refractivity contribution < 1.29 is 13.9 Å². The van der Waals surface area contributed by atoms with Crippen molar-refractivity contribution in [1.29, 1.82) is 0 Å². The first-order valence-corrected chi connectivity index (χ1v) is 11.5. The Kier molecular flexibility index (Phi) is 6.11. The predicted molar refractivity (Wildman–Crippen MR) is 137 cm³/mol. The fourth-order valence-electron chi connectivity index (χ4n) is 4.28. The third kappa shape index (κ3) is 4.50. The van der Waals surface area contributed by atoms with Crippen LogP contribution < -0.4 is 14.8 Å². The van der Waals surface area contributed by atoms with E-state index in [9.17, 15) is 5.21 Å². The van der Waals surface area contributed by atoms with Crippen molar-refractivity contribution in [1.82, 2.24) is 24.6 Å². The molecule has 1 N–H and O–H groups in total. The molecule has 3 heterocycles. The number of likely N-dealkylation sites (N-methyl/N-ethyl adjacent to an activating group) is 1. The van der Waals surface area contributed by atoms with Crippen LogP contribution >= 0.6 is 0 Å². The number of rotatable bonds is 7. The summed E-state index contributed by atoms with van der Waals surface area (Å²) in [6.45, 7) is 2.61. The Hall–Kier alpha value is -4.31. The number of hydrogen-bond donors (Lipinski definition) is 1. The smallest absolute Gasteiger partial charge is 0.292 e. The van der Waals surface area contributed by atoms with Gasteiger partial charge in [0.15, 0.2) is 5.82 Å². The van der Waals surface area contributed by atoms with E-state index in [1.165, 1.54) is 0 Å². The molecule has 2 aromatic carbocycles. The fraction of sp³-hybridized carbons (Fsp3) is 0.231. The topological polar surface area (TPSA) is 95.0 Å². The molecular weight excluding hydrogens is 461 g/mol. The highest BCUT2D eigenvalue weighted by atomic mass is 19.1. The normalized spacial score (nSPS) is 12.4. The van der Waals surface area contributed by atoms with Crippen LogP contribution in [0.5, 0.6) is 5.75 Å². The van der Waals surface area contributed by atoms with Crippen LogP contribution in [0.25, 0.3) is 32.9 Å². The number of anilines is 2. The maximum absolute atomic E-state index is 15.3. The zero-order chi connectivity index (χ0) is 25.4. The monoisotopic (exact) mass is 487 g/mol. The van der Waals surface area contributed by atoms with E-state index in [0.717, 1.165) is 17.5 Å². The van der Waals surface area contributed by atoms with Gasteiger partial charge in [0.05, 0.1) is 17.4 Å². The minimum absolute atomic E-state index is 0.191. The van der Waals surface area contributed by atoms with E-state index in [2.05, 4.69) is 20.4 Å². The number of pyridine rings is 1. The highest BCUT2D eigenvalue weighted by Crippen LogP contribution is 2.37. The quantitative estimate of drug-likeness (QED) is 0.274. The molecule has 9 nitrogen and oxygen atoms in total. The number of halogens is 1. The van der Waals surface area contributed by atoms with E-state index in [4.69, 9.17) is 4.74 Å². The minimum Gasteiger partial charge on any atom is -0.710 e. The molecule has 0 fully saturated rings. The molecule has 0 saturated carbocycles. The van der Waals surface area contributed by atoms with Crippen molar-refractivity contribution in [2.24, 2.45) is 7.05 Å². The van der Waals surface area contributed by atoms with Gasteiger partial charge in [-0.1, -0.05) is 0 Å². The van der Waals surface area contributed by atoms with Crippen molar-refractivity contribution in [2.75, 3.05) is 26.0 Å². The first-order valence-electron chi connectivity index (χ1n) is 11.5. The number of nitrogens with zero attached hydrogens (tertiary/aromatic N) is 6. The summed E-state index contributed by atoms with van der Waals surface area (Å²) in [7, 11) is 5.75. The van der Waals surface area contributed by atoms with E-state index >= 15 is 4.39 Å². The number of aromatic nitrogens is 5. The van der Waals surface area contributed by atoms with Crippen molar-refractivity contribution in [3.05, 3.63) is 72.3 Å². The number of ether oxygens (including phenoxy) is 1. The molecule has 1 atom stereocenters. The van der Waals surface area contributed by atoms with Crippen molar-refractivity contribution in [3.63, 3.8) is 0 Å². The lowest BCUT2D eigenvalue weighted by atomic mass is 10.1. The minimum atomic E-state index is -0.454. The Bertz CT molecular complexity index is 1570.